The SMILES string of the molecule is COCc1nc(CS(C)(=O)=O)nc(Cl)c1I. The van der Waals surface area contributed by atoms with Crippen LogP contribution in [0.5, 0.6) is 0 Å². The van der Waals surface area contributed by atoms with Crippen LogP contribution in [0, 0.1) is 3.57 Å². The molecule has 0 atom stereocenters. The van der Waals surface area contributed by atoms with Crippen molar-refractivity contribution in [3.8, 4) is 0 Å². The average Bonchev–Trinajstić information content (AvgIpc) is 2.11. The van der Waals surface area contributed by atoms with Crippen molar-refractivity contribution >= 4 is 44.0 Å². The van der Waals surface area contributed by atoms with Crippen LogP contribution < -0.4 is 0 Å². The Morgan fingerprint density at radius 2 is 2.06 bits per heavy atom. The van der Waals surface area contributed by atoms with E-state index < -0.39 is 9.84 Å². The molecule has 0 radical (unpaired) electrons. The van der Waals surface area contributed by atoms with Gasteiger partial charge in [-0.05, 0) is 22.6 Å². The van der Waals surface area contributed by atoms with E-state index in [0.29, 0.717) is 9.26 Å². The van der Waals surface area contributed by atoms with E-state index in [1.165, 1.54) is 7.11 Å². The van der Waals surface area contributed by atoms with Crippen LogP contribution in [0.4, 0.5) is 0 Å². The Hall–Kier alpha value is 0.01000. The molecule has 1 heterocycles. The van der Waals surface area contributed by atoms with Gasteiger partial charge in [-0.15, -0.1) is 0 Å². The van der Waals surface area contributed by atoms with Crippen LogP contribution in [0.15, 0.2) is 0 Å². The lowest BCUT2D eigenvalue weighted by Crippen LogP contribution is -2.09. The monoisotopic (exact) mass is 376 g/mol. The lowest BCUT2D eigenvalue weighted by atomic mass is 10.4. The third-order valence-electron chi connectivity index (χ3n) is 1.60. The molecule has 0 saturated carbocycles. The maximum absolute atomic E-state index is 11.1. The Balaban J connectivity index is 3.13. The summed E-state index contributed by atoms with van der Waals surface area (Å²) in [5.74, 6) is -0.0275. The Morgan fingerprint density at radius 3 is 2.56 bits per heavy atom. The van der Waals surface area contributed by atoms with E-state index in [9.17, 15) is 8.42 Å². The zero-order valence-corrected chi connectivity index (χ0v) is 12.4. The van der Waals surface area contributed by atoms with Crippen LogP contribution in [-0.4, -0.2) is 31.8 Å². The van der Waals surface area contributed by atoms with E-state index in [1.54, 1.807) is 0 Å². The van der Waals surface area contributed by atoms with Gasteiger partial charge in [-0.1, -0.05) is 11.6 Å². The summed E-state index contributed by atoms with van der Waals surface area (Å²) in [7, 11) is -1.64. The second kappa shape index (κ2) is 5.56. The first kappa shape index (κ1) is 14.1. The standard InChI is InChI=1S/C8H10ClIN2O3S/c1-15-3-5-7(10)8(9)12-6(11-5)4-16(2,13)14/h3-4H2,1-2H3. The van der Waals surface area contributed by atoms with Crippen molar-refractivity contribution in [2.45, 2.75) is 12.4 Å². The van der Waals surface area contributed by atoms with Crippen molar-refractivity contribution in [1.29, 1.82) is 0 Å². The highest BCUT2D eigenvalue weighted by Gasteiger charge is 2.14. The highest BCUT2D eigenvalue weighted by atomic mass is 127. The van der Waals surface area contributed by atoms with Crippen molar-refractivity contribution < 1.29 is 13.2 Å². The van der Waals surface area contributed by atoms with Crippen LogP contribution in [0.25, 0.3) is 0 Å². The highest BCUT2D eigenvalue weighted by molar-refractivity contribution is 14.1. The minimum Gasteiger partial charge on any atom is -0.378 e. The number of hydrogen-bond donors (Lipinski definition) is 0. The Kier molecular flexibility index (Phi) is 4.89. The summed E-state index contributed by atoms with van der Waals surface area (Å²) in [6, 6.07) is 0. The summed E-state index contributed by atoms with van der Waals surface area (Å²) in [5, 5.41) is 0.251. The smallest absolute Gasteiger partial charge is 0.154 e. The van der Waals surface area contributed by atoms with Gasteiger partial charge in [0.2, 0.25) is 0 Å². The summed E-state index contributed by atoms with van der Waals surface area (Å²) < 4.78 is 27.8. The molecule has 0 unspecified atom stereocenters. The van der Waals surface area contributed by atoms with E-state index in [4.69, 9.17) is 16.3 Å². The molecule has 0 aliphatic rings. The lowest BCUT2D eigenvalue weighted by molar-refractivity contribution is 0.180. The van der Waals surface area contributed by atoms with Gasteiger partial charge in [-0.25, -0.2) is 18.4 Å². The van der Waals surface area contributed by atoms with E-state index in [-0.39, 0.29) is 23.3 Å². The van der Waals surface area contributed by atoms with E-state index in [1.807, 2.05) is 22.6 Å². The molecule has 1 aromatic heterocycles. The Labute approximate surface area is 113 Å². The van der Waals surface area contributed by atoms with Gasteiger partial charge < -0.3 is 4.74 Å². The van der Waals surface area contributed by atoms with Crippen LogP contribution in [0.2, 0.25) is 5.15 Å². The van der Waals surface area contributed by atoms with Gasteiger partial charge in [0.1, 0.15) is 16.7 Å². The second-order valence-electron chi connectivity index (χ2n) is 3.19. The topological polar surface area (TPSA) is 69.2 Å². The van der Waals surface area contributed by atoms with E-state index >= 15 is 0 Å². The molecule has 90 valence electrons. The molecule has 0 aliphatic heterocycles. The van der Waals surface area contributed by atoms with Crippen molar-refractivity contribution in [3.05, 3.63) is 20.2 Å². The van der Waals surface area contributed by atoms with Gasteiger partial charge in [0.15, 0.2) is 9.84 Å². The fourth-order valence-corrected chi connectivity index (χ4v) is 2.24. The van der Waals surface area contributed by atoms with Crippen LogP contribution in [0.1, 0.15) is 11.5 Å². The van der Waals surface area contributed by atoms with E-state index in [2.05, 4.69) is 9.97 Å². The summed E-state index contributed by atoms with van der Waals surface area (Å²) in [4.78, 5) is 8.01. The number of methoxy groups -OCH3 is 1. The molecule has 0 spiro atoms. The van der Waals surface area contributed by atoms with Gasteiger partial charge in [-0.2, -0.15) is 0 Å². The minimum absolute atomic E-state index is 0.194. The molecule has 1 aromatic rings. The summed E-state index contributed by atoms with van der Waals surface area (Å²) in [6.45, 7) is 0.275. The predicted octanol–water partition coefficient (Wildman–Crippen LogP) is 1.43. The molecule has 0 aromatic carbocycles. The zero-order valence-electron chi connectivity index (χ0n) is 8.70. The van der Waals surface area contributed by atoms with E-state index in [0.717, 1.165) is 6.26 Å². The molecule has 0 bridgehead atoms. The van der Waals surface area contributed by atoms with Crippen molar-refractivity contribution in [3.63, 3.8) is 0 Å². The summed E-state index contributed by atoms with van der Waals surface area (Å²) >= 11 is 7.87. The molecule has 0 fully saturated rings. The van der Waals surface area contributed by atoms with Gasteiger partial charge in [0, 0.05) is 13.4 Å². The molecule has 0 saturated heterocycles. The molecule has 8 heteroatoms. The summed E-state index contributed by atoms with van der Waals surface area (Å²) in [6.07, 6.45) is 1.12. The lowest BCUT2D eigenvalue weighted by Gasteiger charge is -2.06. The molecule has 0 amide bonds. The molecule has 0 aliphatic carbocycles. The normalized spacial score (nSPS) is 11.8. The minimum atomic E-state index is -3.17. The quantitative estimate of drug-likeness (QED) is 0.587. The third kappa shape index (κ3) is 4.11. The third-order valence-corrected chi connectivity index (χ3v) is 4.11. The number of aromatic nitrogens is 2. The van der Waals surface area contributed by atoms with Gasteiger partial charge in [-0.3, -0.25) is 0 Å². The Morgan fingerprint density at radius 1 is 1.44 bits per heavy atom. The molecular weight excluding hydrogens is 367 g/mol. The number of nitrogens with zero attached hydrogens (tertiary/aromatic N) is 2. The van der Waals surface area contributed by atoms with Crippen molar-refractivity contribution in [1.82, 2.24) is 9.97 Å². The molecule has 5 nitrogen and oxygen atoms in total. The Bertz CT molecular complexity index is 492. The van der Waals surface area contributed by atoms with Crippen LogP contribution in [0.3, 0.4) is 0 Å². The zero-order chi connectivity index (χ0) is 12.3. The number of hydrogen-bond acceptors (Lipinski definition) is 5. The van der Waals surface area contributed by atoms with Gasteiger partial charge >= 0.3 is 0 Å². The molecule has 0 N–H and O–H groups in total. The number of ether oxygens (including phenoxy) is 1. The fourth-order valence-electron chi connectivity index (χ4n) is 1.04. The first-order valence-electron chi connectivity index (χ1n) is 4.21. The number of halogens is 2. The van der Waals surface area contributed by atoms with Crippen molar-refractivity contribution in [2.24, 2.45) is 0 Å². The maximum Gasteiger partial charge on any atom is 0.154 e. The van der Waals surface area contributed by atoms with Crippen LogP contribution >= 0.6 is 34.2 Å². The number of rotatable bonds is 4. The summed E-state index contributed by atoms with van der Waals surface area (Å²) in [5.41, 5.74) is 0.599. The predicted molar refractivity (Wildman–Crippen MR) is 69.0 cm³/mol. The molecule has 1 rings (SSSR count). The average molecular weight is 377 g/mol. The second-order valence-corrected chi connectivity index (χ2v) is 6.77. The first-order chi connectivity index (χ1) is 7.33. The fraction of sp³-hybridized carbons (Fsp3) is 0.500. The molecule has 16 heavy (non-hydrogen) atoms. The van der Waals surface area contributed by atoms with Crippen LogP contribution in [-0.2, 0) is 26.9 Å². The molecular formula is C8H10ClIN2O3S. The highest BCUT2D eigenvalue weighted by Crippen LogP contribution is 2.20. The van der Waals surface area contributed by atoms with Crippen molar-refractivity contribution in [2.75, 3.05) is 13.4 Å². The number of sulfone groups is 1. The van der Waals surface area contributed by atoms with Gasteiger partial charge in [0.05, 0.1) is 15.9 Å². The largest absolute Gasteiger partial charge is 0.378 e. The van der Waals surface area contributed by atoms with Gasteiger partial charge in [0.25, 0.3) is 0 Å². The maximum atomic E-state index is 11.1. The first-order valence-corrected chi connectivity index (χ1v) is 7.72.